The highest BCUT2D eigenvalue weighted by Crippen LogP contribution is 2.32. The fourth-order valence-corrected chi connectivity index (χ4v) is 3.81. The maximum atomic E-state index is 12.3. The first-order valence-corrected chi connectivity index (χ1v) is 8.08. The maximum Gasteiger partial charge on any atom is 0.235 e. The molecule has 0 unspecified atom stereocenters. The van der Waals surface area contributed by atoms with Crippen LogP contribution in [0.3, 0.4) is 0 Å². The summed E-state index contributed by atoms with van der Waals surface area (Å²) in [5.74, 6) is 1.06. The summed E-state index contributed by atoms with van der Waals surface area (Å²) >= 11 is 5.57. The molecule has 1 aromatic rings. The zero-order chi connectivity index (χ0) is 13.0. The van der Waals surface area contributed by atoms with E-state index in [0.717, 1.165) is 0 Å². The number of benzene rings is 1. The van der Waals surface area contributed by atoms with Gasteiger partial charge in [0.15, 0.2) is 0 Å². The number of hydrogen-bond donors (Lipinski definition) is 0. The lowest BCUT2D eigenvalue weighted by atomic mass is 10.3. The lowest BCUT2D eigenvalue weighted by molar-refractivity contribution is 0.322. The molecule has 0 aromatic heterocycles. The van der Waals surface area contributed by atoms with Gasteiger partial charge in [-0.2, -0.15) is 0 Å². The quantitative estimate of drug-likeness (QED) is 0.799. The molecule has 18 heavy (non-hydrogen) atoms. The number of hydrogen-bond acceptors (Lipinski definition) is 3. The van der Waals surface area contributed by atoms with E-state index >= 15 is 0 Å². The number of nitrogens with zero attached hydrogens (tertiary/aromatic N) is 1. The van der Waals surface area contributed by atoms with E-state index in [1.807, 2.05) is 12.1 Å². The molecule has 0 spiro atoms. The second kappa shape index (κ2) is 5.80. The predicted molar refractivity (Wildman–Crippen MR) is 73.0 cm³/mol. The molecular weight excluding hydrogens is 274 g/mol. The highest BCUT2D eigenvalue weighted by Gasteiger charge is 2.26. The van der Waals surface area contributed by atoms with Crippen LogP contribution in [0.2, 0.25) is 0 Å². The van der Waals surface area contributed by atoms with Crippen molar-refractivity contribution in [2.24, 2.45) is 0 Å². The van der Waals surface area contributed by atoms with Crippen molar-refractivity contribution in [2.75, 3.05) is 29.1 Å². The largest absolute Gasteiger partial charge is 0.491 e. The minimum absolute atomic E-state index is 0.0742. The number of rotatable bonds is 4. The Bertz CT molecular complexity index is 504. The van der Waals surface area contributed by atoms with Gasteiger partial charge in [-0.25, -0.2) is 8.42 Å². The number of halogens is 1. The summed E-state index contributed by atoms with van der Waals surface area (Å²) < 4.78 is 31.5. The summed E-state index contributed by atoms with van der Waals surface area (Å²) in [5.41, 5.74) is 0.629. The van der Waals surface area contributed by atoms with E-state index in [9.17, 15) is 8.42 Å². The Kier molecular flexibility index (Phi) is 4.35. The minimum Gasteiger partial charge on any atom is -0.491 e. The molecule has 2 rings (SSSR count). The van der Waals surface area contributed by atoms with Gasteiger partial charge in [0.2, 0.25) is 10.0 Å². The molecule has 0 saturated carbocycles. The first kappa shape index (κ1) is 13.5. The molecule has 0 N–H and O–H groups in total. The highest BCUT2D eigenvalue weighted by molar-refractivity contribution is 7.92. The molecule has 1 aromatic carbocycles. The second-order valence-corrected chi connectivity index (χ2v) is 6.49. The third-order valence-electron chi connectivity index (χ3n) is 2.77. The molecule has 0 radical (unpaired) electrons. The van der Waals surface area contributed by atoms with Gasteiger partial charge in [0.25, 0.3) is 0 Å². The van der Waals surface area contributed by atoms with Gasteiger partial charge in [0.05, 0.1) is 18.0 Å². The van der Waals surface area contributed by atoms with Gasteiger partial charge in [-0.15, -0.1) is 11.6 Å². The Labute approximate surface area is 113 Å². The van der Waals surface area contributed by atoms with Crippen LogP contribution in [0.25, 0.3) is 0 Å². The van der Waals surface area contributed by atoms with Crippen LogP contribution in [0.15, 0.2) is 24.3 Å². The number of para-hydroxylation sites is 2. The van der Waals surface area contributed by atoms with Crippen molar-refractivity contribution in [2.45, 2.75) is 12.8 Å². The standard InChI is InChI=1S/C12H16ClNO3S/c13-7-3-10-18(15,16)14-8-4-9-17-12-6-2-1-5-11(12)14/h1-2,5-6H,3-4,7-10H2. The normalized spacial score (nSPS) is 15.7. The Morgan fingerprint density at radius 1 is 1.33 bits per heavy atom. The molecular formula is C12H16ClNO3S. The minimum atomic E-state index is -3.31. The van der Waals surface area contributed by atoms with E-state index in [0.29, 0.717) is 43.3 Å². The van der Waals surface area contributed by atoms with Gasteiger partial charge >= 0.3 is 0 Å². The maximum absolute atomic E-state index is 12.3. The molecule has 0 amide bonds. The van der Waals surface area contributed by atoms with E-state index < -0.39 is 10.0 Å². The van der Waals surface area contributed by atoms with E-state index in [1.54, 1.807) is 12.1 Å². The Morgan fingerprint density at radius 2 is 2.11 bits per heavy atom. The van der Waals surface area contributed by atoms with Gasteiger partial charge in [-0.05, 0) is 18.6 Å². The van der Waals surface area contributed by atoms with Crippen LogP contribution >= 0.6 is 11.6 Å². The molecule has 1 heterocycles. The first-order valence-electron chi connectivity index (χ1n) is 5.93. The van der Waals surface area contributed by atoms with Crippen molar-refractivity contribution in [3.8, 4) is 5.75 Å². The number of fused-ring (bicyclic) bond motifs is 1. The lowest BCUT2D eigenvalue weighted by Crippen LogP contribution is -2.33. The molecule has 1 aliphatic heterocycles. The van der Waals surface area contributed by atoms with Crippen LogP contribution in [-0.4, -0.2) is 33.2 Å². The zero-order valence-corrected chi connectivity index (χ0v) is 11.6. The molecule has 0 saturated heterocycles. The summed E-state index contributed by atoms with van der Waals surface area (Å²) in [5, 5.41) is 0. The number of sulfonamides is 1. The first-order chi connectivity index (χ1) is 8.65. The molecule has 0 fully saturated rings. The van der Waals surface area contributed by atoms with E-state index in [4.69, 9.17) is 16.3 Å². The van der Waals surface area contributed by atoms with Crippen molar-refractivity contribution in [1.29, 1.82) is 0 Å². The average molecular weight is 290 g/mol. The SMILES string of the molecule is O=S(=O)(CCCCl)N1CCCOc2ccccc21. The van der Waals surface area contributed by atoms with Crippen LogP contribution in [0.4, 0.5) is 5.69 Å². The third-order valence-corrected chi connectivity index (χ3v) is 4.89. The van der Waals surface area contributed by atoms with Crippen LogP contribution in [0.1, 0.15) is 12.8 Å². The van der Waals surface area contributed by atoms with Crippen LogP contribution < -0.4 is 9.04 Å². The van der Waals surface area contributed by atoms with E-state index in [2.05, 4.69) is 0 Å². The summed E-state index contributed by atoms with van der Waals surface area (Å²) in [7, 11) is -3.31. The lowest BCUT2D eigenvalue weighted by Gasteiger charge is -2.23. The summed E-state index contributed by atoms with van der Waals surface area (Å²) in [4.78, 5) is 0. The summed E-state index contributed by atoms with van der Waals surface area (Å²) in [6.45, 7) is 1.00. The monoisotopic (exact) mass is 289 g/mol. The van der Waals surface area contributed by atoms with Crippen molar-refractivity contribution >= 4 is 27.3 Å². The molecule has 0 atom stereocenters. The zero-order valence-electron chi connectivity index (χ0n) is 10.0. The fourth-order valence-electron chi connectivity index (χ4n) is 1.93. The molecule has 100 valence electrons. The molecule has 6 heteroatoms. The molecule has 1 aliphatic rings. The van der Waals surface area contributed by atoms with Gasteiger partial charge in [0.1, 0.15) is 5.75 Å². The molecule has 4 nitrogen and oxygen atoms in total. The highest BCUT2D eigenvalue weighted by atomic mass is 35.5. The van der Waals surface area contributed by atoms with Crippen molar-refractivity contribution in [3.05, 3.63) is 24.3 Å². The Morgan fingerprint density at radius 3 is 2.89 bits per heavy atom. The number of ether oxygens (including phenoxy) is 1. The third kappa shape index (κ3) is 2.90. The molecule has 0 aliphatic carbocycles. The number of alkyl halides is 1. The number of anilines is 1. The topological polar surface area (TPSA) is 46.6 Å². The van der Waals surface area contributed by atoms with Gasteiger partial charge < -0.3 is 4.74 Å². The predicted octanol–water partition coefficient (Wildman–Crippen LogP) is 2.23. The molecule has 0 bridgehead atoms. The van der Waals surface area contributed by atoms with Crippen molar-refractivity contribution in [1.82, 2.24) is 0 Å². The fraction of sp³-hybridized carbons (Fsp3) is 0.500. The van der Waals surface area contributed by atoms with Gasteiger partial charge in [-0.3, -0.25) is 4.31 Å². The Hall–Kier alpha value is -0.940. The summed E-state index contributed by atoms with van der Waals surface area (Å²) in [6.07, 6.45) is 1.15. The van der Waals surface area contributed by atoms with Gasteiger partial charge in [0, 0.05) is 18.8 Å². The average Bonchev–Trinajstić information content (AvgIpc) is 2.59. The van der Waals surface area contributed by atoms with Crippen LogP contribution in [0.5, 0.6) is 5.75 Å². The van der Waals surface area contributed by atoms with E-state index in [1.165, 1.54) is 4.31 Å². The van der Waals surface area contributed by atoms with E-state index in [-0.39, 0.29) is 5.75 Å². The Balaban J connectivity index is 2.33. The smallest absolute Gasteiger partial charge is 0.235 e. The van der Waals surface area contributed by atoms with Crippen molar-refractivity contribution in [3.63, 3.8) is 0 Å². The van der Waals surface area contributed by atoms with Crippen molar-refractivity contribution < 1.29 is 13.2 Å². The summed E-state index contributed by atoms with van der Waals surface area (Å²) in [6, 6.07) is 7.23. The van der Waals surface area contributed by atoms with Gasteiger partial charge in [-0.1, -0.05) is 12.1 Å². The van der Waals surface area contributed by atoms with Crippen LogP contribution in [-0.2, 0) is 10.0 Å². The second-order valence-electron chi connectivity index (χ2n) is 4.10. The van der Waals surface area contributed by atoms with Crippen LogP contribution in [0, 0.1) is 0 Å².